The average Bonchev–Trinajstić information content (AvgIpc) is 3.29. The van der Waals surface area contributed by atoms with E-state index < -0.39 is 21.2 Å². The lowest BCUT2D eigenvalue weighted by atomic mass is 10.1. The van der Waals surface area contributed by atoms with Crippen molar-refractivity contribution in [1.82, 2.24) is 29.7 Å². The van der Waals surface area contributed by atoms with Gasteiger partial charge in [0.1, 0.15) is 23.0 Å². The molecular weight excluding hydrogens is 494 g/mol. The van der Waals surface area contributed by atoms with Gasteiger partial charge in [-0.15, -0.1) is 10.2 Å². The van der Waals surface area contributed by atoms with Crippen LogP contribution in [-0.2, 0) is 10.0 Å². The molecule has 194 valence electrons. The number of methoxy groups -OCH3 is 2. The first-order valence-electron chi connectivity index (χ1n) is 11.5. The minimum absolute atomic E-state index is 0.0248. The maximum atomic E-state index is 13.6. The van der Waals surface area contributed by atoms with Gasteiger partial charge in [0, 0.05) is 36.3 Å². The zero-order valence-corrected chi connectivity index (χ0v) is 22.3. The SMILES string of the molecule is COc1cccc(OC)c1-n1c(NS(=O)(=O)[C@@H](C)[C@H](C)c2ncc(C)cn2)nnc1-c1cncc(C)c1. The average molecular weight is 524 g/mol. The van der Waals surface area contributed by atoms with Gasteiger partial charge in [-0.2, -0.15) is 0 Å². The molecule has 3 aromatic heterocycles. The first-order valence-corrected chi connectivity index (χ1v) is 13.1. The maximum Gasteiger partial charge on any atom is 0.243 e. The first-order chi connectivity index (χ1) is 17.7. The van der Waals surface area contributed by atoms with E-state index in [0.29, 0.717) is 34.4 Å². The van der Waals surface area contributed by atoms with Crippen molar-refractivity contribution < 1.29 is 17.9 Å². The number of benzene rings is 1. The summed E-state index contributed by atoms with van der Waals surface area (Å²) in [6.45, 7) is 7.15. The van der Waals surface area contributed by atoms with Crippen LogP contribution in [0.15, 0.2) is 49.1 Å². The largest absolute Gasteiger partial charge is 0.494 e. The molecule has 12 heteroatoms. The molecule has 0 fully saturated rings. The van der Waals surface area contributed by atoms with Gasteiger partial charge in [0.05, 0.1) is 19.5 Å². The fraction of sp³-hybridized carbons (Fsp3) is 0.320. The molecule has 3 heterocycles. The van der Waals surface area contributed by atoms with E-state index in [1.54, 1.807) is 61.4 Å². The van der Waals surface area contributed by atoms with Crippen molar-refractivity contribution in [2.45, 2.75) is 38.9 Å². The Balaban J connectivity index is 1.83. The normalized spacial score (nSPS) is 13.1. The molecule has 0 unspecified atom stereocenters. The molecule has 0 spiro atoms. The number of para-hydroxylation sites is 1. The Morgan fingerprint density at radius 1 is 0.919 bits per heavy atom. The monoisotopic (exact) mass is 523 g/mol. The zero-order chi connectivity index (χ0) is 26.7. The number of nitrogens with one attached hydrogen (secondary N) is 1. The van der Waals surface area contributed by atoms with Gasteiger partial charge in [-0.3, -0.25) is 14.3 Å². The summed E-state index contributed by atoms with van der Waals surface area (Å²) in [5.74, 6) is 1.16. The number of nitrogens with zero attached hydrogens (tertiary/aromatic N) is 6. The summed E-state index contributed by atoms with van der Waals surface area (Å²) >= 11 is 0. The molecule has 1 N–H and O–H groups in total. The van der Waals surface area contributed by atoms with Crippen LogP contribution in [0.2, 0.25) is 0 Å². The number of aromatic nitrogens is 6. The second-order valence-corrected chi connectivity index (χ2v) is 10.7. The fourth-order valence-electron chi connectivity index (χ4n) is 3.81. The van der Waals surface area contributed by atoms with Crippen molar-refractivity contribution in [2.75, 3.05) is 18.9 Å². The third kappa shape index (κ3) is 5.24. The van der Waals surface area contributed by atoms with Crippen LogP contribution in [0.5, 0.6) is 11.5 Å². The van der Waals surface area contributed by atoms with Crippen LogP contribution in [0, 0.1) is 13.8 Å². The standard InChI is InChI=1S/C25H29N7O4S/c1-15-10-19(14-26-11-15)24-29-30-25(32(24)22-20(35-5)8-7-9-21(22)36-6)31-37(33,34)18(4)17(3)23-27-12-16(2)13-28-23/h7-14,17-18H,1-6H3,(H,30,31)/t17-,18-/m0/s1. The minimum Gasteiger partial charge on any atom is -0.494 e. The molecule has 0 aliphatic carbocycles. The Kier molecular flexibility index (Phi) is 7.39. The van der Waals surface area contributed by atoms with E-state index in [9.17, 15) is 8.42 Å². The van der Waals surface area contributed by atoms with Crippen LogP contribution >= 0.6 is 0 Å². The quantitative estimate of drug-likeness (QED) is 0.348. The molecule has 4 rings (SSSR count). The van der Waals surface area contributed by atoms with Crippen molar-refractivity contribution in [3.8, 4) is 28.6 Å². The Morgan fingerprint density at radius 3 is 2.16 bits per heavy atom. The third-order valence-electron chi connectivity index (χ3n) is 6.06. The number of pyridine rings is 1. The van der Waals surface area contributed by atoms with Crippen molar-refractivity contribution in [3.63, 3.8) is 0 Å². The van der Waals surface area contributed by atoms with Crippen molar-refractivity contribution in [2.24, 2.45) is 0 Å². The van der Waals surface area contributed by atoms with Crippen molar-refractivity contribution >= 4 is 16.0 Å². The Hall–Kier alpha value is -4.06. The highest BCUT2D eigenvalue weighted by Crippen LogP contribution is 2.38. The lowest BCUT2D eigenvalue weighted by molar-refractivity contribution is 0.391. The number of hydrogen-bond acceptors (Lipinski definition) is 9. The summed E-state index contributed by atoms with van der Waals surface area (Å²) in [4.78, 5) is 12.9. The van der Waals surface area contributed by atoms with Gasteiger partial charge in [0.15, 0.2) is 5.82 Å². The van der Waals surface area contributed by atoms with Crippen molar-refractivity contribution in [3.05, 3.63) is 66.0 Å². The zero-order valence-electron chi connectivity index (χ0n) is 21.5. The molecule has 2 atom stereocenters. The van der Waals surface area contributed by atoms with E-state index in [1.807, 2.05) is 19.9 Å². The lowest BCUT2D eigenvalue weighted by Crippen LogP contribution is -2.31. The highest BCUT2D eigenvalue weighted by Gasteiger charge is 2.32. The second kappa shape index (κ2) is 10.5. The summed E-state index contributed by atoms with van der Waals surface area (Å²) in [7, 11) is -0.929. The molecule has 0 aliphatic rings. The van der Waals surface area contributed by atoms with E-state index >= 15 is 0 Å². The van der Waals surface area contributed by atoms with Gasteiger partial charge in [0.25, 0.3) is 0 Å². The topological polar surface area (TPSA) is 134 Å². The lowest BCUT2D eigenvalue weighted by Gasteiger charge is -2.21. The summed E-state index contributed by atoms with van der Waals surface area (Å²) in [6.07, 6.45) is 6.68. The van der Waals surface area contributed by atoms with E-state index in [2.05, 4.69) is 29.9 Å². The number of anilines is 1. The third-order valence-corrected chi connectivity index (χ3v) is 7.91. The van der Waals surface area contributed by atoms with E-state index in [-0.39, 0.29) is 5.95 Å². The van der Waals surface area contributed by atoms with Crippen LogP contribution in [0.1, 0.15) is 36.7 Å². The molecular formula is C25H29N7O4S. The van der Waals surface area contributed by atoms with Gasteiger partial charge < -0.3 is 9.47 Å². The van der Waals surface area contributed by atoms with E-state index in [0.717, 1.165) is 11.1 Å². The molecule has 11 nitrogen and oxygen atoms in total. The fourth-order valence-corrected chi connectivity index (χ4v) is 5.05. The Bertz CT molecular complexity index is 1480. The number of rotatable bonds is 9. The summed E-state index contributed by atoms with van der Waals surface area (Å²) < 4.78 is 42.5. The van der Waals surface area contributed by atoms with E-state index in [1.165, 1.54) is 14.2 Å². The predicted octanol–water partition coefficient (Wildman–Crippen LogP) is 3.69. The minimum atomic E-state index is -3.97. The second-order valence-electron chi connectivity index (χ2n) is 8.70. The Morgan fingerprint density at radius 2 is 1.57 bits per heavy atom. The number of aryl methyl sites for hydroxylation is 2. The Labute approximate surface area is 216 Å². The summed E-state index contributed by atoms with van der Waals surface area (Å²) in [5.41, 5.74) is 2.87. The van der Waals surface area contributed by atoms with Crippen LogP contribution in [0.25, 0.3) is 17.1 Å². The molecule has 0 saturated heterocycles. The molecule has 4 aromatic rings. The summed E-state index contributed by atoms with van der Waals surface area (Å²) in [5, 5.41) is 7.65. The highest BCUT2D eigenvalue weighted by atomic mass is 32.2. The molecule has 1 aromatic carbocycles. The maximum absolute atomic E-state index is 13.6. The molecule has 37 heavy (non-hydrogen) atoms. The van der Waals surface area contributed by atoms with Gasteiger partial charge in [-0.1, -0.05) is 13.0 Å². The van der Waals surface area contributed by atoms with Gasteiger partial charge >= 0.3 is 0 Å². The number of hydrogen-bond donors (Lipinski definition) is 1. The van der Waals surface area contributed by atoms with Crippen molar-refractivity contribution in [1.29, 1.82) is 0 Å². The molecule has 0 radical (unpaired) electrons. The molecule has 0 bridgehead atoms. The van der Waals surface area contributed by atoms with Crippen LogP contribution in [-0.4, -0.2) is 57.6 Å². The first kappa shape index (κ1) is 26.0. The number of ether oxygens (including phenoxy) is 2. The number of sulfonamides is 1. The van der Waals surface area contributed by atoms with Crippen LogP contribution in [0.4, 0.5) is 5.95 Å². The van der Waals surface area contributed by atoms with E-state index in [4.69, 9.17) is 9.47 Å². The molecule has 0 amide bonds. The van der Waals surface area contributed by atoms with Crippen LogP contribution < -0.4 is 14.2 Å². The predicted molar refractivity (Wildman–Crippen MR) is 140 cm³/mol. The molecule has 0 saturated carbocycles. The summed E-state index contributed by atoms with van der Waals surface area (Å²) in [6, 6.07) is 7.14. The van der Waals surface area contributed by atoms with Gasteiger partial charge in [-0.05, 0) is 50.1 Å². The smallest absolute Gasteiger partial charge is 0.243 e. The van der Waals surface area contributed by atoms with Gasteiger partial charge in [-0.25, -0.2) is 18.4 Å². The van der Waals surface area contributed by atoms with Crippen LogP contribution in [0.3, 0.4) is 0 Å². The highest BCUT2D eigenvalue weighted by molar-refractivity contribution is 7.93. The molecule has 0 aliphatic heterocycles. The van der Waals surface area contributed by atoms with Gasteiger partial charge in [0.2, 0.25) is 16.0 Å².